The molecule has 0 saturated carbocycles. The van der Waals surface area contributed by atoms with Gasteiger partial charge in [-0.05, 0) is 37.1 Å². The van der Waals surface area contributed by atoms with Gasteiger partial charge in [-0.3, -0.25) is 0 Å². The predicted octanol–water partition coefficient (Wildman–Crippen LogP) is 4.32. The fraction of sp³-hybridized carbons (Fsp3) is 0.158. The summed E-state index contributed by atoms with van der Waals surface area (Å²) in [7, 11) is 0. The quantitative estimate of drug-likeness (QED) is 0.709. The molecule has 0 aliphatic heterocycles. The lowest BCUT2D eigenvalue weighted by Crippen LogP contribution is -2.09. The third-order valence-electron chi connectivity index (χ3n) is 3.49. The summed E-state index contributed by atoms with van der Waals surface area (Å²) in [6, 6.07) is 18.4. The Morgan fingerprint density at radius 1 is 0.958 bits per heavy atom. The van der Waals surface area contributed by atoms with E-state index in [1.165, 1.54) is 17.7 Å². The number of aromatic nitrogens is 2. The number of halogens is 1. The Hall–Kier alpha value is -2.95. The standard InChI is InChI=1S/C19H19FN4/c1-14-12-18(23-17-9-5-8-16(20)13-17)24-19(22-14)21-11-10-15-6-3-2-4-7-15/h2-9,12-13H,10-11H2,1H3,(H2,21,22,23,24). The van der Waals surface area contributed by atoms with E-state index in [0.717, 1.165) is 18.7 Å². The van der Waals surface area contributed by atoms with Crippen molar-refractivity contribution in [2.24, 2.45) is 0 Å². The van der Waals surface area contributed by atoms with Crippen LogP contribution in [0.1, 0.15) is 11.3 Å². The van der Waals surface area contributed by atoms with Gasteiger partial charge in [0.15, 0.2) is 0 Å². The van der Waals surface area contributed by atoms with Gasteiger partial charge in [-0.1, -0.05) is 36.4 Å². The third-order valence-corrected chi connectivity index (χ3v) is 3.49. The maximum absolute atomic E-state index is 13.3. The highest BCUT2D eigenvalue weighted by molar-refractivity contribution is 5.57. The molecule has 5 heteroatoms. The van der Waals surface area contributed by atoms with Crippen LogP contribution < -0.4 is 10.6 Å². The van der Waals surface area contributed by atoms with Crippen LogP contribution in [0.5, 0.6) is 0 Å². The van der Waals surface area contributed by atoms with Crippen LogP contribution in [-0.4, -0.2) is 16.5 Å². The average Bonchev–Trinajstić information content (AvgIpc) is 2.55. The lowest BCUT2D eigenvalue weighted by atomic mass is 10.1. The van der Waals surface area contributed by atoms with Crippen molar-refractivity contribution in [3.05, 3.63) is 77.7 Å². The van der Waals surface area contributed by atoms with Crippen molar-refractivity contribution in [1.29, 1.82) is 0 Å². The molecule has 122 valence electrons. The van der Waals surface area contributed by atoms with E-state index in [4.69, 9.17) is 0 Å². The zero-order chi connectivity index (χ0) is 16.8. The van der Waals surface area contributed by atoms with E-state index in [1.807, 2.05) is 31.2 Å². The molecule has 2 N–H and O–H groups in total. The summed E-state index contributed by atoms with van der Waals surface area (Å²) in [4.78, 5) is 8.82. The van der Waals surface area contributed by atoms with Crippen LogP contribution in [0.4, 0.5) is 21.8 Å². The van der Waals surface area contributed by atoms with Crippen LogP contribution in [0.3, 0.4) is 0 Å². The normalized spacial score (nSPS) is 10.4. The number of benzene rings is 2. The Morgan fingerprint density at radius 3 is 2.58 bits per heavy atom. The Labute approximate surface area is 140 Å². The summed E-state index contributed by atoms with van der Waals surface area (Å²) >= 11 is 0. The average molecular weight is 322 g/mol. The first-order chi connectivity index (χ1) is 11.7. The first-order valence-electron chi connectivity index (χ1n) is 7.85. The number of nitrogens with zero attached hydrogens (tertiary/aromatic N) is 2. The van der Waals surface area contributed by atoms with E-state index in [2.05, 4.69) is 32.7 Å². The number of nitrogens with one attached hydrogen (secondary N) is 2. The van der Waals surface area contributed by atoms with Gasteiger partial charge in [-0.25, -0.2) is 9.37 Å². The highest BCUT2D eigenvalue weighted by atomic mass is 19.1. The molecule has 2 aromatic carbocycles. The Bertz CT molecular complexity index is 805. The SMILES string of the molecule is Cc1cc(Nc2cccc(F)c2)nc(NCCc2ccccc2)n1. The second-order valence-corrected chi connectivity index (χ2v) is 5.52. The van der Waals surface area contributed by atoms with Crippen LogP contribution in [0.25, 0.3) is 0 Å². The van der Waals surface area contributed by atoms with Crippen LogP contribution in [0, 0.1) is 12.7 Å². The van der Waals surface area contributed by atoms with Gasteiger partial charge in [0.2, 0.25) is 5.95 Å². The van der Waals surface area contributed by atoms with Gasteiger partial charge in [0.1, 0.15) is 11.6 Å². The summed E-state index contributed by atoms with van der Waals surface area (Å²) in [5.74, 6) is 0.909. The maximum Gasteiger partial charge on any atom is 0.224 e. The third kappa shape index (κ3) is 4.52. The van der Waals surface area contributed by atoms with Crippen molar-refractivity contribution < 1.29 is 4.39 Å². The summed E-state index contributed by atoms with van der Waals surface area (Å²) in [5.41, 5.74) is 2.75. The first kappa shape index (κ1) is 15.9. The van der Waals surface area contributed by atoms with E-state index in [9.17, 15) is 4.39 Å². The number of rotatable bonds is 6. The molecule has 0 radical (unpaired) electrons. The van der Waals surface area contributed by atoms with Gasteiger partial charge in [0.05, 0.1) is 0 Å². The van der Waals surface area contributed by atoms with Gasteiger partial charge in [-0.2, -0.15) is 4.98 Å². The summed E-state index contributed by atoms with van der Waals surface area (Å²) in [5, 5.41) is 6.34. The van der Waals surface area contributed by atoms with Gasteiger partial charge in [0.25, 0.3) is 0 Å². The monoisotopic (exact) mass is 322 g/mol. The van der Waals surface area contributed by atoms with Crippen molar-refractivity contribution >= 4 is 17.5 Å². The largest absolute Gasteiger partial charge is 0.354 e. The zero-order valence-corrected chi connectivity index (χ0v) is 13.5. The zero-order valence-electron chi connectivity index (χ0n) is 13.5. The van der Waals surface area contributed by atoms with Crippen LogP contribution >= 0.6 is 0 Å². The Morgan fingerprint density at radius 2 is 1.79 bits per heavy atom. The van der Waals surface area contributed by atoms with Crippen molar-refractivity contribution in [3.8, 4) is 0 Å². The highest BCUT2D eigenvalue weighted by Gasteiger charge is 2.03. The summed E-state index contributed by atoms with van der Waals surface area (Å²) in [6.07, 6.45) is 0.894. The van der Waals surface area contributed by atoms with Crippen LogP contribution in [0.2, 0.25) is 0 Å². The van der Waals surface area contributed by atoms with Crippen LogP contribution in [0.15, 0.2) is 60.7 Å². The molecule has 24 heavy (non-hydrogen) atoms. The molecule has 3 rings (SSSR count). The molecule has 0 atom stereocenters. The fourth-order valence-corrected chi connectivity index (χ4v) is 2.39. The van der Waals surface area contributed by atoms with Gasteiger partial charge >= 0.3 is 0 Å². The minimum Gasteiger partial charge on any atom is -0.354 e. The van der Waals surface area contributed by atoms with Crippen molar-refractivity contribution in [1.82, 2.24) is 9.97 Å². The van der Waals surface area contributed by atoms with Crippen molar-refractivity contribution in [2.75, 3.05) is 17.2 Å². The molecule has 0 aliphatic carbocycles. The minimum absolute atomic E-state index is 0.285. The molecule has 1 aromatic heterocycles. The van der Waals surface area contributed by atoms with Crippen LogP contribution in [-0.2, 0) is 6.42 Å². The number of hydrogen-bond acceptors (Lipinski definition) is 4. The maximum atomic E-state index is 13.3. The molecular formula is C19H19FN4. The molecule has 0 fully saturated rings. The number of anilines is 3. The Kier molecular flexibility index (Phi) is 5.01. The lowest BCUT2D eigenvalue weighted by Gasteiger charge is -2.10. The molecule has 0 saturated heterocycles. The lowest BCUT2D eigenvalue weighted by molar-refractivity contribution is 0.628. The second-order valence-electron chi connectivity index (χ2n) is 5.52. The van der Waals surface area contributed by atoms with Gasteiger partial charge < -0.3 is 10.6 Å². The molecule has 3 aromatic rings. The van der Waals surface area contributed by atoms with Crippen molar-refractivity contribution in [2.45, 2.75) is 13.3 Å². The first-order valence-corrected chi connectivity index (χ1v) is 7.85. The molecule has 0 bridgehead atoms. The highest BCUT2D eigenvalue weighted by Crippen LogP contribution is 2.17. The minimum atomic E-state index is -0.285. The number of hydrogen-bond donors (Lipinski definition) is 2. The molecular weight excluding hydrogens is 303 g/mol. The predicted molar refractivity (Wildman–Crippen MR) is 95.1 cm³/mol. The summed E-state index contributed by atoms with van der Waals surface area (Å²) < 4.78 is 13.3. The molecule has 4 nitrogen and oxygen atoms in total. The number of aryl methyl sites for hydroxylation is 1. The summed E-state index contributed by atoms with van der Waals surface area (Å²) in [6.45, 7) is 2.65. The van der Waals surface area contributed by atoms with E-state index >= 15 is 0 Å². The molecule has 0 amide bonds. The topological polar surface area (TPSA) is 49.8 Å². The molecule has 0 spiro atoms. The second kappa shape index (κ2) is 7.55. The molecule has 0 unspecified atom stereocenters. The van der Waals surface area contributed by atoms with Gasteiger partial charge in [0, 0.05) is 24.0 Å². The molecule has 1 heterocycles. The molecule has 0 aliphatic rings. The Balaban J connectivity index is 1.65. The van der Waals surface area contributed by atoms with E-state index in [-0.39, 0.29) is 5.82 Å². The van der Waals surface area contributed by atoms with Gasteiger partial charge in [-0.15, -0.1) is 0 Å². The smallest absolute Gasteiger partial charge is 0.224 e. The van der Waals surface area contributed by atoms with E-state index < -0.39 is 0 Å². The van der Waals surface area contributed by atoms with Crippen molar-refractivity contribution in [3.63, 3.8) is 0 Å². The van der Waals surface area contributed by atoms with E-state index in [1.54, 1.807) is 12.1 Å². The fourth-order valence-electron chi connectivity index (χ4n) is 2.39. The van der Waals surface area contributed by atoms with E-state index in [0.29, 0.717) is 17.5 Å².